The Bertz CT molecular complexity index is 1160. The molecule has 1 heterocycles. The predicted octanol–water partition coefficient (Wildman–Crippen LogP) is 3.46. The highest BCUT2D eigenvalue weighted by Crippen LogP contribution is 2.44. The Kier molecular flexibility index (Phi) is 8.19. The van der Waals surface area contributed by atoms with Crippen LogP contribution in [-0.2, 0) is 19.1 Å². The van der Waals surface area contributed by atoms with Crippen molar-refractivity contribution in [3.8, 4) is 11.1 Å². The van der Waals surface area contributed by atoms with E-state index in [4.69, 9.17) is 9.47 Å². The number of carbonyl (C=O) groups excluding carboxylic acids is 4. The summed E-state index contributed by atoms with van der Waals surface area (Å²) in [6, 6.07) is 15.3. The summed E-state index contributed by atoms with van der Waals surface area (Å²) in [7, 11) is 0. The van der Waals surface area contributed by atoms with Gasteiger partial charge in [0.1, 0.15) is 24.8 Å². The number of carbonyl (C=O) groups is 4. The highest BCUT2D eigenvalue weighted by molar-refractivity contribution is 5.89. The molecule has 0 radical (unpaired) electrons. The molecule has 1 saturated heterocycles. The summed E-state index contributed by atoms with van der Waals surface area (Å²) in [6.45, 7) is 5.40. The second-order valence-corrected chi connectivity index (χ2v) is 10.4. The van der Waals surface area contributed by atoms with E-state index < -0.39 is 42.2 Å². The minimum absolute atomic E-state index is 0.0929. The molecule has 0 spiro atoms. The number of rotatable bonds is 5. The summed E-state index contributed by atoms with van der Waals surface area (Å²) in [6.07, 6.45) is 0.685. The summed E-state index contributed by atoms with van der Waals surface area (Å²) >= 11 is 0. The van der Waals surface area contributed by atoms with Gasteiger partial charge in [-0.3, -0.25) is 25.3 Å². The SMILES string of the molecule is CC(C)(C)OC(=O)N1CCCCC1C(=O)NNC(=O)CNC(=O)OCC1c2ccccc2-c2ccccc21. The molecule has 10 nitrogen and oxygen atoms in total. The number of hydrogen-bond acceptors (Lipinski definition) is 6. The van der Waals surface area contributed by atoms with Crippen molar-refractivity contribution in [3.63, 3.8) is 0 Å². The van der Waals surface area contributed by atoms with Gasteiger partial charge in [-0.2, -0.15) is 0 Å². The largest absolute Gasteiger partial charge is 0.449 e. The normalized spacial score (nSPS) is 16.6. The number of hydrazine groups is 1. The van der Waals surface area contributed by atoms with Crippen LogP contribution in [0.5, 0.6) is 0 Å². The van der Waals surface area contributed by atoms with E-state index in [2.05, 4.69) is 16.2 Å². The average molecular weight is 523 g/mol. The van der Waals surface area contributed by atoms with E-state index in [9.17, 15) is 19.2 Å². The Morgan fingerprint density at radius 3 is 2.18 bits per heavy atom. The van der Waals surface area contributed by atoms with E-state index in [1.165, 1.54) is 4.90 Å². The predicted molar refractivity (Wildman–Crippen MR) is 140 cm³/mol. The maximum absolute atomic E-state index is 12.7. The lowest BCUT2D eigenvalue weighted by molar-refractivity contribution is -0.132. The monoisotopic (exact) mass is 522 g/mol. The fourth-order valence-electron chi connectivity index (χ4n) is 4.80. The summed E-state index contributed by atoms with van der Waals surface area (Å²) in [5.41, 5.74) is 8.35. The molecule has 10 heteroatoms. The molecule has 4 amide bonds. The van der Waals surface area contributed by atoms with Crippen molar-refractivity contribution in [1.82, 2.24) is 21.1 Å². The highest BCUT2D eigenvalue weighted by Gasteiger charge is 2.35. The zero-order valence-electron chi connectivity index (χ0n) is 21.9. The number of ether oxygens (including phenoxy) is 2. The molecule has 38 heavy (non-hydrogen) atoms. The first-order valence-electron chi connectivity index (χ1n) is 12.8. The van der Waals surface area contributed by atoms with Gasteiger partial charge in [0.05, 0.1) is 0 Å². The first kappa shape index (κ1) is 27.0. The molecule has 2 aromatic rings. The van der Waals surface area contributed by atoms with Crippen LogP contribution in [-0.4, -0.2) is 60.2 Å². The molecule has 0 aromatic heterocycles. The van der Waals surface area contributed by atoms with Crippen molar-refractivity contribution in [3.05, 3.63) is 59.7 Å². The van der Waals surface area contributed by atoms with Crippen LogP contribution in [0.25, 0.3) is 11.1 Å². The van der Waals surface area contributed by atoms with Crippen LogP contribution < -0.4 is 16.2 Å². The van der Waals surface area contributed by atoms with Gasteiger partial charge in [-0.25, -0.2) is 9.59 Å². The van der Waals surface area contributed by atoms with Crippen LogP contribution in [0.1, 0.15) is 57.1 Å². The smallest absolute Gasteiger partial charge is 0.410 e. The number of likely N-dealkylation sites (tertiary alicyclic amines) is 1. The van der Waals surface area contributed by atoms with Crippen molar-refractivity contribution in [1.29, 1.82) is 0 Å². The van der Waals surface area contributed by atoms with Gasteiger partial charge in [0, 0.05) is 12.5 Å². The van der Waals surface area contributed by atoms with Gasteiger partial charge in [-0.15, -0.1) is 0 Å². The molecule has 3 N–H and O–H groups in total. The molecule has 1 fully saturated rings. The molecular weight excluding hydrogens is 488 g/mol. The Morgan fingerprint density at radius 2 is 1.55 bits per heavy atom. The Hall–Kier alpha value is -4.08. The zero-order chi connectivity index (χ0) is 27.3. The number of nitrogens with one attached hydrogen (secondary N) is 3. The van der Waals surface area contributed by atoms with Crippen molar-refractivity contribution in [2.45, 2.75) is 57.6 Å². The second-order valence-electron chi connectivity index (χ2n) is 10.4. The van der Waals surface area contributed by atoms with Crippen molar-refractivity contribution in [2.24, 2.45) is 0 Å². The van der Waals surface area contributed by atoms with Gasteiger partial charge in [0.15, 0.2) is 0 Å². The van der Waals surface area contributed by atoms with Gasteiger partial charge in [0.25, 0.3) is 11.8 Å². The van der Waals surface area contributed by atoms with Crippen molar-refractivity contribution < 1.29 is 28.7 Å². The molecule has 0 bridgehead atoms. The number of benzene rings is 2. The van der Waals surface area contributed by atoms with Crippen molar-refractivity contribution in [2.75, 3.05) is 19.7 Å². The average Bonchev–Trinajstić information content (AvgIpc) is 3.22. The number of nitrogens with zero attached hydrogens (tertiary/aromatic N) is 1. The van der Waals surface area contributed by atoms with Crippen molar-refractivity contribution >= 4 is 24.0 Å². The van der Waals surface area contributed by atoms with Crippen LogP contribution in [0.4, 0.5) is 9.59 Å². The maximum Gasteiger partial charge on any atom is 0.410 e. The van der Waals surface area contributed by atoms with E-state index >= 15 is 0 Å². The van der Waals surface area contributed by atoms with Gasteiger partial charge in [-0.05, 0) is 62.3 Å². The molecule has 1 aliphatic heterocycles. The van der Waals surface area contributed by atoms with Crippen LogP contribution >= 0.6 is 0 Å². The molecule has 0 saturated carbocycles. The molecular formula is C28H34N4O6. The summed E-state index contributed by atoms with van der Waals surface area (Å²) in [4.78, 5) is 51.1. The fourth-order valence-corrected chi connectivity index (χ4v) is 4.80. The van der Waals surface area contributed by atoms with Crippen LogP contribution in [0.3, 0.4) is 0 Å². The first-order chi connectivity index (χ1) is 18.1. The molecule has 202 valence electrons. The highest BCUT2D eigenvalue weighted by atomic mass is 16.6. The van der Waals surface area contributed by atoms with E-state index in [1.807, 2.05) is 48.5 Å². The van der Waals surface area contributed by atoms with Gasteiger partial charge in [0.2, 0.25) is 0 Å². The van der Waals surface area contributed by atoms with Crippen LogP contribution in [0, 0.1) is 0 Å². The quantitative estimate of drug-likeness (QED) is 0.517. The lowest BCUT2D eigenvalue weighted by Crippen LogP contribution is -2.57. The Morgan fingerprint density at radius 1 is 0.921 bits per heavy atom. The molecule has 2 aromatic carbocycles. The third kappa shape index (κ3) is 6.42. The number of amides is 4. The number of fused-ring (bicyclic) bond motifs is 3. The number of alkyl carbamates (subject to hydrolysis) is 1. The van der Waals surface area contributed by atoms with Gasteiger partial charge < -0.3 is 14.8 Å². The zero-order valence-corrected chi connectivity index (χ0v) is 21.9. The van der Waals surface area contributed by atoms with Gasteiger partial charge >= 0.3 is 12.2 Å². The lowest BCUT2D eigenvalue weighted by atomic mass is 9.98. The summed E-state index contributed by atoms with van der Waals surface area (Å²) < 4.78 is 10.8. The van der Waals surface area contributed by atoms with Gasteiger partial charge in [-0.1, -0.05) is 48.5 Å². The number of hydrogen-bond donors (Lipinski definition) is 3. The summed E-state index contributed by atoms with van der Waals surface area (Å²) in [5.74, 6) is -1.25. The van der Waals surface area contributed by atoms with E-state index in [0.717, 1.165) is 35.1 Å². The van der Waals surface area contributed by atoms with E-state index in [-0.39, 0.29) is 12.5 Å². The molecule has 1 aliphatic carbocycles. The van der Waals surface area contributed by atoms with E-state index in [0.29, 0.717) is 13.0 Å². The first-order valence-corrected chi connectivity index (χ1v) is 12.8. The minimum Gasteiger partial charge on any atom is -0.449 e. The molecule has 4 rings (SSSR count). The lowest BCUT2D eigenvalue weighted by Gasteiger charge is -2.35. The van der Waals surface area contributed by atoms with Crippen LogP contribution in [0.15, 0.2) is 48.5 Å². The third-order valence-electron chi connectivity index (χ3n) is 6.50. The second kappa shape index (κ2) is 11.5. The fraction of sp³-hybridized carbons (Fsp3) is 0.429. The molecule has 2 aliphatic rings. The standard InChI is InChI=1S/C28H34N4O6/c1-28(2,3)38-27(36)32-15-9-8-14-23(32)25(34)31-30-24(33)16-29-26(35)37-17-22-20-12-6-4-10-18(20)19-11-5-7-13-21(19)22/h4-7,10-13,22-23H,8-9,14-17H2,1-3H3,(H,29,35)(H,30,33)(H,31,34). The molecule has 1 unspecified atom stereocenters. The minimum atomic E-state index is -0.756. The Labute approximate surface area is 222 Å². The van der Waals surface area contributed by atoms with E-state index in [1.54, 1.807) is 20.8 Å². The Balaban J connectivity index is 1.22. The molecule has 1 atom stereocenters. The summed E-state index contributed by atoms with van der Waals surface area (Å²) in [5, 5.41) is 2.40. The van der Waals surface area contributed by atoms with Crippen LogP contribution in [0.2, 0.25) is 0 Å². The topological polar surface area (TPSA) is 126 Å². The third-order valence-corrected chi connectivity index (χ3v) is 6.50. The maximum atomic E-state index is 12.7. The number of piperidine rings is 1.